The van der Waals surface area contributed by atoms with Gasteiger partial charge in [-0.05, 0) is 24.9 Å². The Labute approximate surface area is 137 Å². The smallest absolute Gasteiger partial charge is 0.179 e. The molecular weight excluding hydrogens is 288 g/mol. The Morgan fingerprint density at radius 3 is 2.61 bits per heavy atom. The number of anilines is 1. The minimum atomic E-state index is 0.755. The molecule has 0 saturated carbocycles. The molecular formula is C18H24N4O. The molecule has 0 unspecified atom stereocenters. The van der Waals surface area contributed by atoms with Crippen molar-refractivity contribution in [2.75, 3.05) is 44.7 Å². The molecule has 1 aliphatic heterocycles. The lowest BCUT2D eigenvalue weighted by Crippen LogP contribution is -2.47. The van der Waals surface area contributed by atoms with E-state index in [1.165, 1.54) is 12.0 Å². The maximum Gasteiger partial charge on any atom is 0.179 e. The molecule has 1 aromatic carbocycles. The molecule has 1 aromatic heterocycles. The summed E-state index contributed by atoms with van der Waals surface area (Å²) in [4.78, 5) is 13.2. The van der Waals surface area contributed by atoms with Crippen LogP contribution >= 0.6 is 0 Å². The molecule has 2 heterocycles. The molecule has 2 aromatic rings. The van der Waals surface area contributed by atoms with Crippen LogP contribution in [0.4, 0.5) is 5.82 Å². The fourth-order valence-electron chi connectivity index (χ4n) is 3.03. The van der Waals surface area contributed by atoms with Crippen LogP contribution in [0.2, 0.25) is 0 Å². The van der Waals surface area contributed by atoms with Crippen molar-refractivity contribution in [3.05, 3.63) is 48.4 Å². The number of rotatable bonds is 6. The molecule has 1 aliphatic rings. The van der Waals surface area contributed by atoms with E-state index in [-0.39, 0.29) is 0 Å². The first-order valence-corrected chi connectivity index (χ1v) is 8.22. The van der Waals surface area contributed by atoms with Crippen molar-refractivity contribution in [2.24, 2.45) is 0 Å². The molecule has 122 valence electrons. The van der Waals surface area contributed by atoms with Gasteiger partial charge in [-0.1, -0.05) is 30.3 Å². The first-order chi connectivity index (χ1) is 11.4. The lowest BCUT2D eigenvalue weighted by Gasteiger charge is -2.35. The van der Waals surface area contributed by atoms with Gasteiger partial charge in [-0.25, -0.2) is 9.97 Å². The summed E-state index contributed by atoms with van der Waals surface area (Å²) in [5, 5.41) is 0. The molecule has 0 N–H and O–H groups in total. The van der Waals surface area contributed by atoms with Gasteiger partial charge < -0.3 is 9.64 Å². The van der Waals surface area contributed by atoms with Crippen LogP contribution in [0.15, 0.2) is 42.9 Å². The van der Waals surface area contributed by atoms with E-state index in [9.17, 15) is 0 Å². The highest BCUT2D eigenvalue weighted by Crippen LogP contribution is 2.24. The van der Waals surface area contributed by atoms with Gasteiger partial charge in [0.2, 0.25) is 0 Å². The second kappa shape index (κ2) is 7.92. The van der Waals surface area contributed by atoms with Gasteiger partial charge in [0.05, 0.1) is 13.3 Å². The second-order valence-electron chi connectivity index (χ2n) is 5.83. The lowest BCUT2D eigenvalue weighted by molar-refractivity contribution is 0.253. The van der Waals surface area contributed by atoms with Crippen LogP contribution < -0.4 is 9.64 Å². The topological polar surface area (TPSA) is 41.5 Å². The van der Waals surface area contributed by atoms with E-state index in [2.05, 4.69) is 50.1 Å². The minimum absolute atomic E-state index is 0.755. The molecule has 0 bridgehead atoms. The Morgan fingerprint density at radius 2 is 1.87 bits per heavy atom. The Bertz CT molecular complexity index is 597. The van der Waals surface area contributed by atoms with E-state index >= 15 is 0 Å². The number of hydrogen-bond donors (Lipinski definition) is 0. The number of aryl methyl sites for hydroxylation is 1. The third-order valence-electron chi connectivity index (χ3n) is 4.33. The molecule has 0 atom stereocenters. The maximum atomic E-state index is 5.36. The fourth-order valence-corrected chi connectivity index (χ4v) is 3.03. The monoisotopic (exact) mass is 312 g/mol. The van der Waals surface area contributed by atoms with Gasteiger partial charge in [0.25, 0.3) is 0 Å². The maximum absolute atomic E-state index is 5.36. The highest BCUT2D eigenvalue weighted by molar-refractivity contribution is 5.50. The van der Waals surface area contributed by atoms with Crippen LogP contribution in [0.5, 0.6) is 5.75 Å². The van der Waals surface area contributed by atoms with E-state index in [1.807, 2.05) is 0 Å². The largest absolute Gasteiger partial charge is 0.491 e. The number of aromatic nitrogens is 2. The number of ether oxygens (including phenoxy) is 1. The van der Waals surface area contributed by atoms with E-state index in [1.54, 1.807) is 19.6 Å². The van der Waals surface area contributed by atoms with Gasteiger partial charge >= 0.3 is 0 Å². The second-order valence-corrected chi connectivity index (χ2v) is 5.83. The Balaban J connectivity index is 1.45. The van der Waals surface area contributed by atoms with Crippen molar-refractivity contribution < 1.29 is 4.74 Å². The summed E-state index contributed by atoms with van der Waals surface area (Å²) in [5.74, 6) is 1.66. The molecule has 0 spiro atoms. The standard InChI is InChI=1S/C18H24N4O/c1-23-17-14-19-15-20-18(17)22-12-10-21(11-13-22)9-5-8-16-6-3-2-4-7-16/h2-4,6-7,14-15H,5,8-13H2,1H3. The summed E-state index contributed by atoms with van der Waals surface area (Å²) in [7, 11) is 1.67. The zero-order valence-electron chi connectivity index (χ0n) is 13.7. The summed E-state index contributed by atoms with van der Waals surface area (Å²) >= 11 is 0. The summed E-state index contributed by atoms with van der Waals surface area (Å²) in [6, 6.07) is 10.7. The van der Waals surface area contributed by atoms with Crippen molar-refractivity contribution in [3.63, 3.8) is 0 Å². The van der Waals surface area contributed by atoms with E-state index in [0.717, 1.165) is 50.7 Å². The predicted octanol–water partition coefficient (Wildman–Crippen LogP) is 2.24. The number of benzene rings is 1. The predicted molar refractivity (Wildman–Crippen MR) is 92.0 cm³/mol. The molecule has 1 fully saturated rings. The number of hydrogen-bond acceptors (Lipinski definition) is 5. The van der Waals surface area contributed by atoms with Crippen molar-refractivity contribution >= 4 is 5.82 Å². The summed E-state index contributed by atoms with van der Waals surface area (Å²) in [6.45, 7) is 5.27. The molecule has 0 radical (unpaired) electrons. The van der Waals surface area contributed by atoms with Crippen LogP contribution in [0.1, 0.15) is 12.0 Å². The highest BCUT2D eigenvalue weighted by Gasteiger charge is 2.20. The third-order valence-corrected chi connectivity index (χ3v) is 4.33. The van der Waals surface area contributed by atoms with Crippen molar-refractivity contribution in [3.8, 4) is 5.75 Å². The van der Waals surface area contributed by atoms with Crippen molar-refractivity contribution in [2.45, 2.75) is 12.8 Å². The number of methoxy groups -OCH3 is 1. The Kier molecular flexibility index (Phi) is 5.42. The molecule has 5 heteroatoms. The summed E-state index contributed by atoms with van der Waals surface area (Å²) in [5.41, 5.74) is 1.43. The van der Waals surface area contributed by atoms with Crippen LogP contribution in [-0.2, 0) is 6.42 Å². The first-order valence-electron chi connectivity index (χ1n) is 8.22. The van der Waals surface area contributed by atoms with Crippen LogP contribution in [0, 0.1) is 0 Å². The van der Waals surface area contributed by atoms with Gasteiger partial charge in [-0.15, -0.1) is 0 Å². The molecule has 0 amide bonds. The molecule has 5 nitrogen and oxygen atoms in total. The highest BCUT2D eigenvalue weighted by atomic mass is 16.5. The third kappa shape index (κ3) is 4.20. The average molecular weight is 312 g/mol. The minimum Gasteiger partial charge on any atom is -0.491 e. The van der Waals surface area contributed by atoms with Gasteiger partial charge in [0.1, 0.15) is 6.33 Å². The zero-order chi connectivity index (χ0) is 15.9. The van der Waals surface area contributed by atoms with Gasteiger partial charge in [0, 0.05) is 26.2 Å². The Hall–Kier alpha value is -2.14. The van der Waals surface area contributed by atoms with Gasteiger partial charge in [-0.2, -0.15) is 0 Å². The van der Waals surface area contributed by atoms with E-state index in [0.29, 0.717) is 0 Å². The summed E-state index contributed by atoms with van der Waals surface area (Å²) in [6.07, 6.45) is 5.68. The van der Waals surface area contributed by atoms with Gasteiger partial charge in [0.15, 0.2) is 11.6 Å². The molecule has 23 heavy (non-hydrogen) atoms. The first kappa shape index (κ1) is 15.7. The number of nitrogens with zero attached hydrogens (tertiary/aromatic N) is 4. The number of piperazine rings is 1. The quantitative estimate of drug-likeness (QED) is 0.818. The fraction of sp³-hybridized carbons (Fsp3) is 0.444. The normalized spacial score (nSPS) is 15.6. The molecule has 1 saturated heterocycles. The van der Waals surface area contributed by atoms with E-state index < -0.39 is 0 Å². The van der Waals surface area contributed by atoms with Crippen molar-refractivity contribution in [1.82, 2.24) is 14.9 Å². The van der Waals surface area contributed by atoms with E-state index in [4.69, 9.17) is 4.74 Å². The zero-order valence-corrected chi connectivity index (χ0v) is 13.7. The van der Waals surface area contributed by atoms with Crippen LogP contribution in [0.25, 0.3) is 0 Å². The summed E-state index contributed by atoms with van der Waals surface area (Å²) < 4.78 is 5.36. The van der Waals surface area contributed by atoms with Gasteiger partial charge in [-0.3, -0.25) is 4.90 Å². The SMILES string of the molecule is COc1cncnc1N1CCN(CCCc2ccccc2)CC1. The lowest BCUT2D eigenvalue weighted by atomic mass is 10.1. The van der Waals surface area contributed by atoms with Crippen molar-refractivity contribution in [1.29, 1.82) is 0 Å². The molecule has 0 aliphatic carbocycles. The van der Waals surface area contributed by atoms with Crippen LogP contribution in [-0.4, -0.2) is 54.7 Å². The van der Waals surface area contributed by atoms with Crippen LogP contribution in [0.3, 0.4) is 0 Å². The molecule has 3 rings (SSSR count). The Morgan fingerprint density at radius 1 is 1.09 bits per heavy atom. The average Bonchev–Trinajstić information content (AvgIpc) is 2.63.